The first-order valence-corrected chi connectivity index (χ1v) is 6.68. The standard InChI is InChI=1S/C12H24N4O/c1-15-6-8-16(9-7-15)12(17)14-10-11-2-4-13-5-3-11/h11,13H,2-10H2,1H3,(H,14,17). The molecule has 0 bridgehead atoms. The van der Waals surface area contributed by atoms with E-state index in [0.29, 0.717) is 5.92 Å². The molecule has 2 N–H and O–H groups in total. The molecule has 98 valence electrons. The van der Waals surface area contributed by atoms with Crippen LogP contribution in [0.1, 0.15) is 12.8 Å². The van der Waals surface area contributed by atoms with E-state index in [9.17, 15) is 4.79 Å². The number of hydrogen-bond donors (Lipinski definition) is 2. The second-order valence-electron chi connectivity index (χ2n) is 5.17. The minimum Gasteiger partial charge on any atom is -0.338 e. The molecule has 0 atom stereocenters. The minimum absolute atomic E-state index is 0.122. The minimum atomic E-state index is 0.122. The zero-order valence-corrected chi connectivity index (χ0v) is 10.7. The summed E-state index contributed by atoms with van der Waals surface area (Å²) in [7, 11) is 2.10. The van der Waals surface area contributed by atoms with E-state index < -0.39 is 0 Å². The van der Waals surface area contributed by atoms with Crippen LogP contribution in [0.25, 0.3) is 0 Å². The molecule has 0 radical (unpaired) electrons. The highest BCUT2D eigenvalue weighted by atomic mass is 16.2. The summed E-state index contributed by atoms with van der Waals surface area (Å²) in [4.78, 5) is 16.1. The van der Waals surface area contributed by atoms with Gasteiger partial charge < -0.3 is 20.4 Å². The Kier molecular flexibility index (Phi) is 4.62. The summed E-state index contributed by atoms with van der Waals surface area (Å²) in [5, 5.41) is 6.42. The van der Waals surface area contributed by atoms with E-state index >= 15 is 0 Å². The maximum Gasteiger partial charge on any atom is 0.317 e. The van der Waals surface area contributed by atoms with Crippen molar-refractivity contribution < 1.29 is 4.79 Å². The van der Waals surface area contributed by atoms with E-state index in [0.717, 1.165) is 45.8 Å². The number of amides is 2. The van der Waals surface area contributed by atoms with E-state index in [-0.39, 0.29) is 6.03 Å². The molecule has 0 spiro atoms. The summed E-state index contributed by atoms with van der Waals surface area (Å²) in [6.45, 7) is 6.71. The van der Waals surface area contributed by atoms with Gasteiger partial charge in [-0.05, 0) is 38.9 Å². The van der Waals surface area contributed by atoms with Crippen LogP contribution in [0.3, 0.4) is 0 Å². The second kappa shape index (κ2) is 6.21. The van der Waals surface area contributed by atoms with Crippen LogP contribution in [0.2, 0.25) is 0 Å². The molecule has 2 amide bonds. The first kappa shape index (κ1) is 12.6. The zero-order chi connectivity index (χ0) is 12.1. The number of carbonyl (C=O) groups excluding carboxylic acids is 1. The van der Waals surface area contributed by atoms with E-state index in [2.05, 4.69) is 22.6 Å². The number of rotatable bonds is 2. The first-order valence-electron chi connectivity index (χ1n) is 6.68. The smallest absolute Gasteiger partial charge is 0.317 e. The molecule has 0 saturated carbocycles. The van der Waals surface area contributed by atoms with Crippen LogP contribution in [0.15, 0.2) is 0 Å². The van der Waals surface area contributed by atoms with Crippen molar-refractivity contribution in [3.05, 3.63) is 0 Å². The van der Waals surface area contributed by atoms with Crippen molar-refractivity contribution in [2.75, 3.05) is 52.9 Å². The average molecular weight is 240 g/mol. The van der Waals surface area contributed by atoms with Gasteiger partial charge in [-0.25, -0.2) is 4.79 Å². The summed E-state index contributed by atoms with van der Waals surface area (Å²) in [6, 6.07) is 0.122. The van der Waals surface area contributed by atoms with Crippen molar-refractivity contribution in [3.8, 4) is 0 Å². The fourth-order valence-electron chi connectivity index (χ4n) is 2.44. The lowest BCUT2D eigenvalue weighted by molar-refractivity contribution is 0.152. The predicted octanol–water partition coefficient (Wildman–Crippen LogP) is -0.0570. The zero-order valence-electron chi connectivity index (χ0n) is 10.7. The first-order chi connectivity index (χ1) is 8.25. The molecule has 2 heterocycles. The molecule has 0 aromatic carbocycles. The monoisotopic (exact) mass is 240 g/mol. The van der Waals surface area contributed by atoms with Gasteiger partial charge in [0.2, 0.25) is 0 Å². The Hall–Kier alpha value is -0.810. The topological polar surface area (TPSA) is 47.6 Å². The van der Waals surface area contributed by atoms with E-state index in [1.54, 1.807) is 0 Å². The number of hydrogen-bond acceptors (Lipinski definition) is 3. The molecule has 17 heavy (non-hydrogen) atoms. The quantitative estimate of drug-likeness (QED) is 0.711. The largest absolute Gasteiger partial charge is 0.338 e. The molecule has 0 aromatic rings. The van der Waals surface area contributed by atoms with Gasteiger partial charge in [0.15, 0.2) is 0 Å². The molecular weight excluding hydrogens is 216 g/mol. The maximum absolute atomic E-state index is 11.9. The fraction of sp³-hybridized carbons (Fsp3) is 0.917. The summed E-state index contributed by atoms with van der Waals surface area (Å²) in [5.41, 5.74) is 0. The van der Waals surface area contributed by atoms with Gasteiger partial charge in [-0.3, -0.25) is 0 Å². The third-order valence-corrected chi connectivity index (χ3v) is 3.79. The highest BCUT2D eigenvalue weighted by molar-refractivity contribution is 5.74. The number of nitrogens with one attached hydrogen (secondary N) is 2. The number of carbonyl (C=O) groups is 1. The van der Waals surface area contributed by atoms with Crippen molar-refractivity contribution in [2.45, 2.75) is 12.8 Å². The van der Waals surface area contributed by atoms with E-state index in [4.69, 9.17) is 0 Å². The average Bonchev–Trinajstić information content (AvgIpc) is 2.38. The van der Waals surface area contributed by atoms with Crippen LogP contribution in [0, 0.1) is 5.92 Å². The number of piperazine rings is 1. The van der Waals surface area contributed by atoms with Crippen LogP contribution in [-0.2, 0) is 0 Å². The van der Waals surface area contributed by atoms with Gasteiger partial charge in [0, 0.05) is 32.7 Å². The van der Waals surface area contributed by atoms with Gasteiger partial charge in [-0.15, -0.1) is 0 Å². The van der Waals surface area contributed by atoms with E-state index in [1.165, 1.54) is 12.8 Å². The summed E-state index contributed by atoms with van der Waals surface area (Å²) in [6.07, 6.45) is 2.37. The lowest BCUT2D eigenvalue weighted by Gasteiger charge is -2.33. The predicted molar refractivity (Wildman–Crippen MR) is 68.1 cm³/mol. The van der Waals surface area contributed by atoms with Crippen LogP contribution in [-0.4, -0.2) is 68.7 Å². The summed E-state index contributed by atoms with van der Waals surface area (Å²) >= 11 is 0. The molecule has 2 saturated heterocycles. The lowest BCUT2D eigenvalue weighted by Crippen LogP contribution is -2.51. The molecule has 5 heteroatoms. The molecule has 5 nitrogen and oxygen atoms in total. The number of piperidine rings is 1. The number of nitrogens with zero attached hydrogens (tertiary/aromatic N) is 2. The van der Waals surface area contributed by atoms with Gasteiger partial charge in [0.05, 0.1) is 0 Å². The highest BCUT2D eigenvalue weighted by Gasteiger charge is 2.20. The van der Waals surface area contributed by atoms with Crippen LogP contribution < -0.4 is 10.6 Å². The molecule has 2 fully saturated rings. The Morgan fingerprint density at radius 3 is 2.53 bits per heavy atom. The number of urea groups is 1. The maximum atomic E-state index is 11.9. The van der Waals surface area contributed by atoms with Crippen molar-refractivity contribution in [3.63, 3.8) is 0 Å². The van der Waals surface area contributed by atoms with Crippen LogP contribution >= 0.6 is 0 Å². The SMILES string of the molecule is CN1CCN(C(=O)NCC2CCNCC2)CC1. The molecule has 0 aromatic heterocycles. The van der Waals surface area contributed by atoms with Gasteiger partial charge in [-0.1, -0.05) is 0 Å². The Labute approximate surface area is 104 Å². The Morgan fingerprint density at radius 1 is 1.24 bits per heavy atom. The third-order valence-electron chi connectivity index (χ3n) is 3.79. The van der Waals surface area contributed by atoms with E-state index in [1.807, 2.05) is 4.90 Å². The van der Waals surface area contributed by atoms with Crippen molar-refractivity contribution in [2.24, 2.45) is 5.92 Å². The summed E-state index contributed by atoms with van der Waals surface area (Å²) < 4.78 is 0. The third kappa shape index (κ3) is 3.85. The Balaban J connectivity index is 1.66. The number of likely N-dealkylation sites (N-methyl/N-ethyl adjacent to an activating group) is 1. The van der Waals surface area contributed by atoms with Gasteiger partial charge in [0.25, 0.3) is 0 Å². The highest BCUT2D eigenvalue weighted by Crippen LogP contribution is 2.10. The summed E-state index contributed by atoms with van der Waals surface area (Å²) in [5.74, 6) is 0.660. The molecule has 2 rings (SSSR count). The van der Waals surface area contributed by atoms with Gasteiger partial charge in [0.1, 0.15) is 0 Å². The second-order valence-corrected chi connectivity index (χ2v) is 5.17. The Morgan fingerprint density at radius 2 is 1.88 bits per heavy atom. The molecule has 2 aliphatic heterocycles. The fourth-order valence-corrected chi connectivity index (χ4v) is 2.44. The van der Waals surface area contributed by atoms with Crippen LogP contribution in [0.5, 0.6) is 0 Å². The molecule has 2 aliphatic rings. The van der Waals surface area contributed by atoms with Crippen molar-refractivity contribution in [1.29, 1.82) is 0 Å². The molecule has 0 unspecified atom stereocenters. The van der Waals surface area contributed by atoms with Crippen molar-refractivity contribution in [1.82, 2.24) is 20.4 Å². The molecular formula is C12H24N4O. The normalized spacial score (nSPS) is 23.7. The van der Waals surface area contributed by atoms with Gasteiger partial charge >= 0.3 is 6.03 Å². The van der Waals surface area contributed by atoms with Crippen molar-refractivity contribution >= 4 is 6.03 Å². The Bertz CT molecular complexity index is 245. The van der Waals surface area contributed by atoms with Gasteiger partial charge in [-0.2, -0.15) is 0 Å². The van der Waals surface area contributed by atoms with Crippen LogP contribution in [0.4, 0.5) is 4.79 Å². The lowest BCUT2D eigenvalue weighted by atomic mass is 9.98. The molecule has 0 aliphatic carbocycles.